The maximum atomic E-state index is 13.2. The fraction of sp³-hybridized carbons (Fsp3) is 0. The van der Waals surface area contributed by atoms with Gasteiger partial charge in [0.2, 0.25) is 0 Å². The fourth-order valence-corrected chi connectivity index (χ4v) is 10.9. The molecule has 0 atom stereocenters. The first kappa shape index (κ1) is 15.2. The molecule has 0 saturated carbocycles. The van der Waals surface area contributed by atoms with Crippen LogP contribution in [0.25, 0.3) is 0 Å². The quantitative estimate of drug-likeness (QED) is 0.492. The van der Waals surface area contributed by atoms with Crippen LogP contribution in [0.3, 0.4) is 0 Å². The molecule has 0 nitrogen and oxygen atoms in total. The molecule has 0 aromatic heterocycles. The number of hydrogen-bond acceptors (Lipinski definition) is 0. The molecule has 0 spiro atoms. The zero-order chi connectivity index (χ0) is 15.5. The summed E-state index contributed by atoms with van der Waals surface area (Å²) in [6, 6.07) is 19.3. The molecule has 22 heavy (non-hydrogen) atoms. The fourth-order valence-electron chi connectivity index (χ4n) is 2.22. The predicted molar refractivity (Wildman–Crippen MR) is 83.9 cm³/mol. The number of benzene rings is 3. The third kappa shape index (κ3) is 3.39. The van der Waals surface area contributed by atoms with Gasteiger partial charge in [-0.2, -0.15) is 0 Å². The van der Waals surface area contributed by atoms with Gasteiger partial charge < -0.3 is 0 Å². The van der Waals surface area contributed by atoms with Crippen molar-refractivity contribution in [3.05, 3.63) is 90.2 Å². The molecule has 0 saturated heterocycles. The first-order valence-electron chi connectivity index (χ1n) is 6.70. The number of halogens is 3. The molecule has 0 radical (unpaired) electrons. The Hall–Kier alpha value is -1.67. The van der Waals surface area contributed by atoms with Gasteiger partial charge in [0.15, 0.2) is 0 Å². The topological polar surface area (TPSA) is 0 Å². The van der Waals surface area contributed by atoms with Crippen LogP contribution < -0.4 is 9.81 Å². The summed E-state index contributed by atoms with van der Waals surface area (Å²) in [6.45, 7) is 0. The Balaban J connectivity index is 2.10. The Bertz CT molecular complexity index is 642. The second-order valence-electron chi connectivity index (χ2n) is 4.76. The van der Waals surface area contributed by atoms with Crippen LogP contribution in [-0.4, -0.2) is 21.8 Å². The molecule has 0 aliphatic heterocycles. The Morgan fingerprint density at radius 1 is 0.409 bits per heavy atom. The van der Waals surface area contributed by atoms with Gasteiger partial charge in [-0.05, 0) is 0 Å². The third-order valence-corrected chi connectivity index (χ3v) is 12.8. The predicted octanol–water partition coefficient (Wildman–Crippen LogP) is 2.62. The van der Waals surface area contributed by atoms with Gasteiger partial charge in [0.1, 0.15) is 0 Å². The molecule has 0 amide bonds. The van der Waals surface area contributed by atoms with Crippen LogP contribution in [0.1, 0.15) is 0 Å². The van der Waals surface area contributed by atoms with E-state index in [-0.39, 0.29) is 17.5 Å². The Labute approximate surface area is 134 Å². The molecule has 110 valence electrons. The zero-order valence-electron chi connectivity index (χ0n) is 11.5. The standard InChI is InChI=1S/3C6H4F.Bi/c3*7-6-4-2-1-3-5-6;/h3*2-5H;. The van der Waals surface area contributed by atoms with Crippen LogP contribution in [0, 0.1) is 17.5 Å². The van der Waals surface area contributed by atoms with Gasteiger partial charge in [-0.15, -0.1) is 0 Å². The van der Waals surface area contributed by atoms with Crippen molar-refractivity contribution < 1.29 is 13.2 Å². The van der Waals surface area contributed by atoms with Gasteiger partial charge >= 0.3 is 135 Å². The molecular formula is C18H12BiF3. The molecule has 3 rings (SSSR count). The summed E-state index contributed by atoms with van der Waals surface area (Å²) in [4.78, 5) is 0. The monoisotopic (exact) mass is 494 g/mol. The maximum absolute atomic E-state index is 13.2. The average Bonchev–Trinajstić information content (AvgIpc) is 2.53. The number of rotatable bonds is 3. The molecule has 0 bridgehead atoms. The second kappa shape index (κ2) is 6.62. The normalized spacial score (nSPS) is 10.9. The molecule has 0 aliphatic rings. The van der Waals surface area contributed by atoms with E-state index in [1.54, 1.807) is 36.4 Å². The van der Waals surface area contributed by atoms with E-state index in [9.17, 15) is 13.2 Å². The van der Waals surface area contributed by atoms with E-state index >= 15 is 0 Å². The zero-order valence-corrected chi connectivity index (χ0v) is 15.0. The SMILES string of the molecule is Fc1cc[c]([Bi]([c]2ccc(F)cc2)[c]2ccc(F)cc2)cc1. The summed E-state index contributed by atoms with van der Waals surface area (Å²) < 4.78 is 42.7. The molecule has 3 aromatic carbocycles. The van der Waals surface area contributed by atoms with E-state index in [2.05, 4.69) is 0 Å². The van der Waals surface area contributed by atoms with Crippen molar-refractivity contribution in [2.45, 2.75) is 0 Å². The van der Waals surface area contributed by atoms with Gasteiger partial charge in [0.25, 0.3) is 0 Å². The van der Waals surface area contributed by atoms with E-state index < -0.39 is 21.8 Å². The van der Waals surface area contributed by atoms with Crippen molar-refractivity contribution in [1.29, 1.82) is 0 Å². The van der Waals surface area contributed by atoms with Crippen molar-refractivity contribution in [2.75, 3.05) is 0 Å². The van der Waals surface area contributed by atoms with Crippen LogP contribution in [0.4, 0.5) is 13.2 Å². The molecule has 0 N–H and O–H groups in total. The Morgan fingerprint density at radius 3 is 0.864 bits per heavy atom. The van der Waals surface area contributed by atoms with Crippen LogP contribution >= 0.6 is 0 Å². The van der Waals surface area contributed by atoms with Gasteiger partial charge in [0.05, 0.1) is 0 Å². The summed E-state index contributed by atoms with van der Waals surface area (Å²) in [5.74, 6) is -0.859. The molecule has 3 aromatic rings. The van der Waals surface area contributed by atoms with E-state index in [1.807, 2.05) is 0 Å². The summed E-state index contributed by atoms with van der Waals surface area (Å²) >= 11 is -2.65. The Kier molecular flexibility index (Phi) is 4.58. The van der Waals surface area contributed by atoms with Crippen molar-refractivity contribution in [3.8, 4) is 0 Å². The minimum absolute atomic E-state index is 0.286. The van der Waals surface area contributed by atoms with Gasteiger partial charge in [-0.25, -0.2) is 0 Å². The molecule has 0 heterocycles. The van der Waals surface area contributed by atoms with E-state index in [0.717, 1.165) is 9.81 Å². The van der Waals surface area contributed by atoms with Crippen molar-refractivity contribution in [2.24, 2.45) is 0 Å². The molecule has 4 heteroatoms. The summed E-state index contributed by atoms with van der Waals surface area (Å²) in [5, 5.41) is 0. The average molecular weight is 494 g/mol. The van der Waals surface area contributed by atoms with Gasteiger partial charge in [0, 0.05) is 0 Å². The molecule has 0 unspecified atom stereocenters. The van der Waals surface area contributed by atoms with Crippen LogP contribution in [0.5, 0.6) is 0 Å². The first-order valence-corrected chi connectivity index (χ1v) is 11.9. The second-order valence-corrected chi connectivity index (χ2v) is 13.4. The summed E-state index contributed by atoms with van der Waals surface area (Å²) in [6.07, 6.45) is 0. The summed E-state index contributed by atoms with van der Waals surface area (Å²) in [5.41, 5.74) is 0. The first-order chi connectivity index (χ1) is 10.6. The van der Waals surface area contributed by atoms with Crippen molar-refractivity contribution in [1.82, 2.24) is 0 Å². The van der Waals surface area contributed by atoms with Crippen LogP contribution in [0.2, 0.25) is 0 Å². The molecule has 0 fully saturated rings. The van der Waals surface area contributed by atoms with Crippen molar-refractivity contribution >= 4 is 31.6 Å². The number of hydrogen-bond donors (Lipinski definition) is 0. The van der Waals surface area contributed by atoms with Crippen LogP contribution in [-0.2, 0) is 0 Å². The van der Waals surface area contributed by atoms with Crippen LogP contribution in [0.15, 0.2) is 72.8 Å². The van der Waals surface area contributed by atoms with E-state index in [1.165, 1.54) is 36.4 Å². The molecular weight excluding hydrogens is 482 g/mol. The third-order valence-electron chi connectivity index (χ3n) is 3.25. The molecule has 0 aliphatic carbocycles. The summed E-state index contributed by atoms with van der Waals surface area (Å²) in [7, 11) is 0. The van der Waals surface area contributed by atoms with E-state index in [0.29, 0.717) is 0 Å². The van der Waals surface area contributed by atoms with E-state index in [4.69, 9.17) is 0 Å². The van der Waals surface area contributed by atoms with Crippen molar-refractivity contribution in [3.63, 3.8) is 0 Å². The Morgan fingerprint density at radius 2 is 0.636 bits per heavy atom. The minimum atomic E-state index is -2.65. The van der Waals surface area contributed by atoms with Gasteiger partial charge in [-0.3, -0.25) is 0 Å². The van der Waals surface area contributed by atoms with Gasteiger partial charge in [-0.1, -0.05) is 0 Å².